The molecule has 0 atom stereocenters. The first-order chi connectivity index (χ1) is 13.8. The highest BCUT2D eigenvalue weighted by atomic mass is 79.9. The molecule has 0 radical (unpaired) electrons. The van der Waals surface area contributed by atoms with E-state index < -0.39 is 9.84 Å². The third-order valence-electron chi connectivity index (χ3n) is 3.84. The van der Waals surface area contributed by atoms with Crippen LogP contribution in [0.2, 0.25) is 0 Å². The summed E-state index contributed by atoms with van der Waals surface area (Å²) in [4.78, 5) is 20.0. The molecule has 0 saturated heterocycles. The molecule has 29 heavy (non-hydrogen) atoms. The number of hydrogen-bond donors (Lipinski definition) is 2. The van der Waals surface area contributed by atoms with Crippen molar-refractivity contribution < 1.29 is 13.2 Å². The van der Waals surface area contributed by atoms with Gasteiger partial charge >= 0.3 is 0 Å². The number of nitrogen functional groups attached to an aromatic ring is 1. The van der Waals surface area contributed by atoms with Gasteiger partial charge in [0.15, 0.2) is 5.16 Å². The first-order valence-corrected chi connectivity index (χ1v) is 12.5. The summed E-state index contributed by atoms with van der Waals surface area (Å²) in [5.74, 6) is -0.303. The fraction of sp³-hybridized carbons (Fsp3) is 0.167. The average molecular weight is 513 g/mol. The van der Waals surface area contributed by atoms with E-state index in [1.54, 1.807) is 6.07 Å². The number of thioether (sulfide) groups is 1. The van der Waals surface area contributed by atoms with Crippen molar-refractivity contribution in [2.24, 2.45) is 0 Å². The van der Waals surface area contributed by atoms with Gasteiger partial charge in [0.1, 0.15) is 14.9 Å². The maximum atomic E-state index is 12.7. The van der Waals surface area contributed by atoms with Gasteiger partial charge in [0.2, 0.25) is 15.7 Å². The van der Waals surface area contributed by atoms with E-state index >= 15 is 0 Å². The summed E-state index contributed by atoms with van der Waals surface area (Å²) in [5.41, 5.74) is 7.75. The molecule has 1 aromatic carbocycles. The van der Waals surface area contributed by atoms with Crippen molar-refractivity contribution in [2.75, 3.05) is 16.8 Å². The number of amides is 1. The predicted molar refractivity (Wildman–Crippen MR) is 119 cm³/mol. The summed E-state index contributed by atoms with van der Waals surface area (Å²) in [6.45, 7) is 2.06. The largest absolute Gasteiger partial charge is 0.382 e. The molecule has 0 spiro atoms. The van der Waals surface area contributed by atoms with Gasteiger partial charge in [0.25, 0.3) is 0 Å². The normalized spacial score (nSPS) is 11.4. The Morgan fingerprint density at radius 3 is 2.55 bits per heavy atom. The van der Waals surface area contributed by atoms with Crippen LogP contribution in [-0.2, 0) is 21.1 Å². The van der Waals surface area contributed by atoms with Gasteiger partial charge < -0.3 is 11.1 Å². The molecule has 0 saturated carbocycles. The molecule has 3 aromatic rings. The van der Waals surface area contributed by atoms with Crippen molar-refractivity contribution >= 4 is 66.3 Å². The van der Waals surface area contributed by atoms with Crippen LogP contribution in [0.25, 0.3) is 0 Å². The highest BCUT2D eigenvalue weighted by Gasteiger charge is 2.24. The van der Waals surface area contributed by atoms with Crippen LogP contribution in [-0.4, -0.2) is 30.0 Å². The van der Waals surface area contributed by atoms with Gasteiger partial charge in [0.05, 0.1) is 15.7 Å². The van der Waals surface area contributed by atoms with E-state index in [9.17, 15) is 13.2 Å². The smallest absolute Gasteiger partial charge is 0.234 e. The van der Waals surface area contributed by atoms with Crippen molar-refractivity contribution in [1.82, 2.24) is 9.97 Å². The molecular weight excluding hydrogens is 496 g/mol. The molecule has 0 unspecified atom stereocenters. The number of carbonyl (C=O) groups excluding carboxylic acids is 1. The second-order valence-corrected chi connectivity index (χ2v) is 11.4. The van der Waals surface area contributed by atoms with Crippen LogP contribution in [0.15, 0.2) is 60.6 Å². The lowest BCUT2D eigenvalue weighted by atomic mass is 10.1. The van der Waals surface area contributed by atoms with Crippen LogP contribution in [0.5, 0.6) is 0 Å². The zero-order valence-corrected chi connectivity index (χ0v) is 19.3. The average Bonchev–Trinajstić information content (AvgIpc) is 3.14. The van der Waals surface area contributed by atoms with E-state index in [1.165, 1.54) is 17.8 Å². The molecule has 2 aromatic heterocycles. The van der Waals surface area contributed by atoms with Gasteiger partial charge in [-0.3, -0.25) is 4.79 Å². The van der Waals surface area contributed by atoms with Crippen molar-refractivity contribution in [3.8, 4) is 0 Å². The summed E-state index contributed by atoms with van der Waals surface area (Å²) < 4.78 is 26.1. The van der Waals surface area contributed by atoms with E-state index in [1.807, 2.05) is 24.3 Å². The van der Waals surface area contributed by atoms with Crippen molar-refractivity contribution in [3.63, 3.8) is 0 Å². The van der Waals surface area contributed by atoms with Crippen molar-refractivity contribution in [1.29, 1.82) is 0 Å². The van der Waals surface area contributed by atoms with Crippen LogP contribution in [0.1, 0.15) is 12.5 Å². The number of halogens is 1. The number of anilines is 2. The lowest BCUT2D eigenvalue weighted by Gasteiger charge is -2.07. The van der Waals surface area contributed by atoms with Crippen LogP contribution in [0.3, 0.4) is 0 Å². The summed E-state index contributed by atoms with van der Waals surface area (Å²) in [6, 6.07) is 10.7. The van der Waals surface area contributed by atoms with Gasteiger partial charge in [-0.25, -0.2) is 18.4 Å². The standard InChI is InChI=1S/C18H17BrN4O3S3/c1-2-11-3-5-12(6-4-11)22-15(24)10-27-18-21-9-13(17(20)23-18)29(25,26)16-8-7-14(19)28-16/h3-9H,2,10H2,1H3,(H,22,24)(H2,20,21,23). The zero-order valence-electron chi connectivity index (χ0n) is 15.3. The third kappa shape index (κ3) is 5.35. The number of benzene rings is 1. The molecule has 0 aliphatic heterocycles. The van der Waals surface area contributed by atoms with Crippen molar-refractivity contribution in [3.05, 3.63) is 51.9 Å². The van der Waals surface area contributed by atoms with E-state index in [0.717, 1.165) is 29.5 Å². The molecule has 1 amide bonds. The number of thiophene rings is 1. The Bertz CT molecular complexity index is 1130. The second-order valence-electron chi connectivity index (χ2n) is 5.85. The minimum absolute atomic E-state index is 0.0684. The minimum Gasteiger partial charge on any atom is -0.382 e. The lowest BCUT2D eigenvalue weighted by molar-refractivity contribution is -0.113. The molecule has 0 fully saturated rings. The summed E-state index contributed by atoms with van der Waals surface area (Å²) in [6.07, 6.45) is 2.10. The molecule has 152 valence electrons. The van der Waals surface area contributed by atoms with Crippen molar-refractivity contribution in [2.45, 2.75) is 27.6 Å². The van der Waals surface area contributed by atoms with E-state index in [-0.39, 0.29) is 31.7 Å². The summed E-state index contributed by atoms with van der Waals surface area (Å²) >= 11 is 5.40. The van der Waals surface area contributed by atoms with Gasteiger partial charge in [-0.1, -0.05) is 30.8 Å². The molecule has 3 N–H and O–H groups in total. The number of aryl methyl sites for hydroxylation is 1. The Morgan fingerprint density at radius 2 is 1.97 bits per heavy atom. The molecule has 0 bridgehead atoms. The number of nitrogens with two attached hydrogens (primary N) is 1. The molecule has 0 aliphatic rings. The second kappa shape index (κ2) is 9.24. The van der Waals surface area contributed by atoms with Gasteiger partial charge in [0, 0.05) is 5.69 Å². The number of sulfone groups is 1. The minimum atomic E-state index is -3.79. The summed E-state index contributed by atoms with van der Waals surface area (Å²) in [5, 5.41) is 3.02. The number of carbonyl (C=O) groups is 1. The molecule has 3 rings (SSSR count). The highest BCUT2D eigenvalue weighted by Crippen LogP contribution is 2.32. The highest BCUT2D eigenvalue weighted by molar-refractivity contribution is 9.11. The number of rotatable bonds is 7. The fourth-order valence-electron chi connectivity index (χ4n) is 2.35. The van der Waals surface area contributed by atoms with Crippen LogP contribution in [0.4, 0.5) is 11.5 Å². The lowest BCUT2D eigenvalue weighted by Crippen LogP contribution is -2.14. The zero-order chi connectivity index (χ0) is 21.0. The van der Waals surface area contributed by atoms with Gasteiger partial charge in [-0.2, -0.15) is 0 Å². The number of hydrogen-bond acceptors (Lipinski definition) is 8. The maximum absolute atomic E-state index is 12.7. The Balaban J connectivity index is 1.65. The van der Waals surface area contributed by atoms with E-state index in [2.05, 4.69) is 38.1 Å². The predicted octanol–water partition coefficient (Wildman–Crippen LogP) is 4.01. The molecule has 0 aliphatic carbocycles. The molecular formula is C18H17BrN4O3S3. The third-order valence-corrected chi connectivity index (χ3v) is 8.59. The van der Waals surface area contributed by atoms with Crippen LogP contribution < -0.4 is 11.1 Å². The number of nitrogens with one attached hydrogen (secondary N) is 1. The van der Waals surface area contributed by atoms with Gasteiger partial charge in [-0.15, -0.1) is 11.3 Å². The Hall–Kier alpha value is -1.95. The Kier molecular flexibility index (Phi) is 6.93. The maximum Gasteiger partial charge on any atom is 0.234 e. The summed E-state index contributed by atoms with van der Waals surface area (Å²) in [7, 11) is -3.79. The first-order valence-electron chi connectivity index (χ1n) is 8.44. The first kappa shape index (κ1) is 21.8. The monoisotopic (exact) mass is 512 g/mol. The molecule has 11 heteroatoms. The van der Waals surface area contributed by atoms with Crippen LogP contribution in [0, 0.1) is 0 Å². The van der Waals surface area contributed by atoms with Crippen LogP contribution >= 0.6 is 39.0 Å². The fourth-order valence-corrected chi connectivity index (χ4v) is 6.36. The Morgan fingerprint density at radius 1 is 1.24 bits per heavy atom. The SMILES string of the molecule is CCc1ccc(NC(=O)CSc2ncc(S(=O)(=O)c3ccc(Br)s3)c(N)n2)cc1. The molecule has 7 nitrogen and oxygen atoms in total. The quantitative estimate of drug-likeness (QED) is 0.362. The Labute approximate surface area is 185 Å². The van der Waals surface area contributed by atoms with E-state index in [4.69, 9.17) is 5.73 Å². The van der Waals surface area contributed by atoms with Gasteiger partial charge in [-0.05, 0) is 52.2 Å². The number of nitrogens with zero attached hydrogens (tertiary/aromatic N) is 2. The molecule has 2 heterocycles. The number of aromatic nitrogens is 2. The van der Waals surface area contributed by atoms with E-state index in [0.29, 0.717) is 9.47 Å². The topological polar surface area (TPSA) is 115 Å².